The highest BCUT2D eigenvalue weighted by molar-refractivity contribution is 5.93. The minimum absolute atomic E-state index is 0.412. The molecule has 3 aliphatic heterocycles. The molecule has 0 bridgehead atoms. The van der Waals surface area contributed by atoms with Crippen LogP contribution in [0.15, 0.2) is 48.7 Å². The molecule has 3 aliphatic rings. The molecule has 0 spiro atoms. The van der Waals surface area contributed by atoms with Crippen molar-refractivity contribution in [3.05, 3.63) is 76.7 Å². The van der Waals surface area contributed by atoms with E-state index in [4.69, 9.17) is 0 Å². The average Bonchev–Trinajstić information content (AvgIpc) is 3.42. The van der Waals surface area contributed by atoms with Gasteiger partial charge < -0.3 is 19.4 Å². The lowest BCUT2D eigenvalue weighted by Gasteiger charge is -2.38. The molecule has 5 heterocycles. The monoisotopic (exact) mass is 478 g/mol. The zero-order chi connectivity index (χ0) is 24.2. The molecule has 186 valence electrons. The van der Waals surface area contributed by atoms with Crippen LogP contribution in [0.25, 0.3) is 27.9 Å². The van der Waals surface area contributed by atoms with Crippen LogP contribution in [0.1, 0.15) is 78.6 Å². The van der Waals surface area contributed by atoms with E-state index in [0.29, 0.717) is 12.0 Å². The number of aromatic nitrogens is 2. The van der Waals surface area contributed by atoms with E-state index < -0.39 is 0 Å². The first-order chi connectivity index (χ1) is 17.7. The summed E-state index contributed by atoms with van der Waals surface area (Å²) in [6.45, 7) is 3.50. The summed E-state index contributed by atoms with van der Waals surface area (Å²) in [6, 6.07) is 16.8. The second-order valence-corrected chi connectivity index (χ2v) is 11.4. The topological polar surface area (TPSA) is 27.2 Å². The maximum atomic E-state index is 3.90. The molecule has 4 heteroatoms. The van der Waals surface area contributed by atoms with E-state index in [2.05, 4.69) is 88.2 Å². The molecule has 2 unspecified atom stereocenters. The van der Waals surface area contributed by atoms with Crippen molar-refractivity contribution in [1.82, 2.24) is 19.4 Å². The van der Waals surface area contributed by atoms with Crippen molar-refractivity contribution in [3.8, 4) is 0 Å². The van der Waals surface area contributed by atoms with Gasteiger partial charge in [-0.3, -0.25) is 0 Å². The van der Waals surface area contributed by atoms with Crippen LogP contribution in [0.5, 0.6) is 0 Å². The molecule has 0 radical (unpaired) electrons. The third-order valence-corrected chi connectivity index (χ3v) is 9.23. The van der Waals surface area contributed by atoms with Gasteiger partial charge in [0.25, 0.3) is 0 Å². The van der Waals surface area contributed by atoms with Gasteiger partial charge in [-0.05, 0) is 87.5 Å². The Hall–Kier alpha value is -2.98. The molecular weight excluding hydrogens is 440 g/mol. The standard InChI is InChI=1S/C32H38N4/c1-34-17-7-5-9-23(31-25(15-19-34)24-10-3-4-11-28(24)33-31)22-13-14-29-27(21-22)26-16-20-36-18-8-6-12-30(36)32(26)35(29)2/h3-4,10-11,13-14,16,20-21,23,30,33H,5-9,12,15,17-19H2,1-2H3. The lowest BCUT2D eigenvalue weighted by molar-refractivity contribution is 0.207. The molecule has 2 aromatic heterocycles. The number of nitrogens with zero attached hydrogens (tertiary/aromatic N) is 3. The number of aryl methyl sites for hydroxylation is 1. The Bertz CT molecular complexity index is 1450. The van der Waals surface area contributed by atoms with Gasteiger partial charge in [-0.2, -0.15) is 0 Å². The van der Waals surface area contributed by atoms with E-state index in [1.54, 1.807) is 0 Å². The van der Waals surface area contributed by atoms with Crippen molar-refractivity contribution in [1.29, 1.82) is 0 Å². The smallest absolute Gasteiger partial charge is 0.0694 e. The van der Waals surface area contributed by atoms with Crippen LogP contribution in [0.2, 0.25) is 0 Å². The molecule has 36 heavy (non-hydrogen) atoms. The number of fused-ring (bicyclic) bond motifs is 8. The number of benzene rings is 2. The second-order valence-electron chi connectivity index (χ2n) is 11.4. The number of hydrogen-bond donors (Lipinski definition) is 1. The Morgan fingerprint density at radius 2 is 1.72 bits per heavy atom. The summed E-state index contributed by atoms with van der Waals surface area (Å²) in [5, 5.41) is 2.84. The number of nitrogens with one attached hydrogen (secondary N) is 1. The van der Waals surface area contributed by atoms with Crippen LogP contribution >= 0.6 is 0 Å². The number of rotatable bonds is 1. The molecule has 0 amide bonds. The van der Waals surface area contributed by atoms with Crippen LogP contribution in [-0.2, 0) is 13.5 Å². The zero-order valence-electron chi connectivity index (χ0n) is 21.8. The van der Waals surface area contributed by atoms with E-state index in [1.165, 1.54) is 101 Å². The van der Waals surface area contributed by atoms with E-state index >= 15 is 0 Å². The second kappa shape index (κ2) is 8.85. The van der Waals surface area contributed by atoms with Gasteiger partial charge in [0.05, 0.1) is 6.04 Å². The number of aromatic amines is 1. The summed E-state index contributed by atoms with van der Waals surface area (Å²) in [5.41, 5.74) is 10.1. The van der Waals surface area contributed by atoms with E-state index in [1.807, 2.05) is 0 Å². The van der Waals surface area contributed by atoms with Crippen LogP contribution in [-0.4, -0.2) is 46.0 Å². The minimum Gasteiger partial charge on any atom is -0.369 e. The van der Waals surface area contributed by atoms with Crippen LogP contribution in [0.3, 0.4) is 0 Å². The Morgan fingerprint density at radius 3 is 2.67 bits per heavy atom. The predicted octanol–water partition coefficient (Wildman–Crippen LogP) is 6.96. The van der Waals surface area contributed by atoms with Crippen molar-refractivity contribution in [3.63, 3.8) is 0 Å². The highest BCUT2D eigenvalue weighted by Crippen LogP contribution is 2.43. The van der Waals surface area contributed by atoms with Gasteiger partial charge in [0.1, 0.15) is 0 Å². The molecule has 0 saturated carbocycles. The average molecular weight is 479 g/mol. The lowest BCUT2D eigenvalue weighted by Crippen LogP contribution is -2.32. The normalized spacial score (nSPS) is 23.0. The Balaban J connectivity index is 1.37. The number of likely N-dealkylation sites (N-methyl/N-ethyl adjacent to an activating group) is 1. The molecule has 1 fully saturated rings. The first kappa shape index (κ1) is 22.2. The van der Waals surface area contributed by atoms with E-state index in [0.717, 1.165) is 13.0 Å². The number of hydrogen-bond acceptors (Lipinski definition) is 2. The Kier molecular flexibility index (Phi) is 5.46. The first-order valence-corrected chi connectivity index (χ1v) is 14.0. The minimum atomic E-state index is 0.412. The molecule has 0 aliphatic carbocycles. The van der Waals surface area contributed by atoms with Crippen molar-refractivity contribution >= 4 is 27.9 Å². The number of para-hydroxylation sites is 1. The summed E-state index contributed by atoms with van der Waals surface area (Å²) >= 11 is 0. The van der Waals surface area contributed by atoms with Crippen molar-refractivity contribution in [2.24, 2.45) is 7.05 Å². The highest BCUT2D eigenvalue weighted by Gasteiger charge is 2.31. The molecule has 2 atom stereocenters. The van der Waals surface area contributed by atoms with E-state index in [-0.39, 0.29) is 0 Å². The summed E-state index contributed by atoms with van der Waals surface area (Å²) in [5.74, 6) is 0.412. The predicted molar refractivity (Wildman–Crippen MR) is 150 cm³/mol. The van der Waals surface area contributed by atoms with Crippen LogP contribution < -0.4 is 0 Å². The van der Waals surface area contributed by atoms with Crippen molar-refractivity contribution in [2.75, 3.05) is 26.7 Å². The Labute approximate surface area is 214 Å². The molecule has 1 N–H and O–H groups in total. The molecular formula is C32H38N4. The maximum absolute atomic E-state index is 3.90. The molecule has 4 aromatic rings. The fraction of sp³-hybridized carbons (Fsp3) is 0.438. The van der Waals surface area contributed by atoms with Gasteiger partial charge in [0.15, 0.2) is 0 Å². The molecule has 7 rings (SSSR count). The SMILES string of the molecule is CN1CCCCC(c2ccc3c(c2)c2c(n3C)C3CCCCN3C=C2)c2[nH]c3ccccc3c2CC1. The quantitative estimate of drug-likeness (QED) is 0.320. The summed E-state index contributed by atoms with van der Waals surface area (Å²) in [7, 11) is 4.56. The van der Waals surface area contributed by atoms with Gasteiger partial charge in [0.2, 0.25) is 0 Å². The third-order valence-electron chi connectivity index (χ3n) is 9.23. The third kappa shape index (κ3) is 3.53. The van der Waals surface area contributed by atoms with Gasteiger partial charge in [-0.25, -0.2) is 0 Å². The van der Waals surface area contributed by atoms with Gasteiger partial charge >= 0.3 is 0 Å². The van der Waals surface area contributed by atoms with Gasteiger partial charge in [-0.15, -0.1) is 0 Å². The van der Waals surface area contributed by atoms with Crippen molar-refractivity contribution < 1.29 is 0 Å². The van der Waals surface area contributed by atoms with Gasteiger partial charge in [0, 0.05) is 71.0 Å². The molecule has 4 nitrogen and oxygen atoms in total. The summed E-state index contributed by atoms with van der Waals surface area (Å²) in [4.78, 5) is 8.98. The maximum Gasteiger partial charge on any atom is 0.0694 e. The zero-order valence-corrected chi connectivity index (χ0v) is 21.8. The number of H-pyrrole nitrogens is 1. The lowest BCUT2D eigenvalue weighted by atomic mass is 9.86. The van der Waals surface area contributed by atoms with Gasteiger partial charge in [-0.1, -0.05) is 30.7 Å². The van der Waals surface area contributed by atoms with Crippen molar-refractivity contribution in [2.45, 2.75) is 56.9 Å². The number of piperidine rings is 1. The van der Waals surface area contributed by atoms with E-state index in [9.17, 15) is 0 Å². The Morgan fingerprint density at radius 1 is 0.861 bits per heavy atom. The van der Waals surface area contributed by atoms with Crippen LogP contribution in [0, 0.1) is 0 Å². The molecule has 1 saturated heterocycles. The fourth-order valence-corrected chi connectivity index (χ4v) is 7.31. The highest BCUT2D eigenvalue weighted by atomic mass is 15.2. The fourth-order valence-electron chi connectivity index (χ4n) is 7.31. The summed E-state index contributed by atoms with van der Waals surface area (Å²) < 4.78 is 2.48. The summed E-state index contributed by atoms with van der Waals surface area (Å²) in [6.07, 6.45) is 13.5. The van der Waals surface area contributed by atoms with Crippen LogP contribution in [0.4, 0.5) is 0 Å². The molecule has 2 aromatic carbocycles. The first-order valence-electron chi connectivity index (χ1n) is 14.0. The largest absolute Gasteiger partial charge is 0.369 e.